The fourth-order valence-electron chi connectivity index (χ4n) is 2.90. The second-order valence-corrected chi connectivity index (χ2v) is 10.8. The van der Waals surface area contributed by atoms with Gasteiger partial charge in [-0.15, -0.1) is 11.3 Å². The second-order valence-electron chi connectivity index (χ2n) is 6.83. The van der Waals surface area contributed by atoms with Gasteiger partial charge in [0.25, 0.3) is 5.69 Å². The number of hydrogen-bond donors (Lipinski definition) is 2. The van der Waals surface area contributed by atoms with Crippen molar-refractivity contribution in [2.45, 2.75) is 4.34 Å². The van der Waals surface area contributed by atoms with E-state index in [1.807, 2.05) is 18.2 Å². The van der Waals surface area contributed by atoms with Crippen LogP contribution in [0.5, 0.6) is 5.75 Å². The number of aromatic hydroxyl groups is 1. The summed E-state index contributed by atoms with van der Waals surface area (Å²) in [5, 5.41) is 23.5. The van der Waals surface area contributed by atoms with Crippen LogP contribution in [0, 0.1) is 10.1 Å². The van der Waals surface area contributed by atoms with Crippen molar-refractivity contribution in [3.05, 3.63) is 79.2 Å². The molecule has 4 aromatic rings. The molecular weight excluding hydrogens is 608 g/mol. The van der Waals surface area contributed by atoms with Gasteiger partial charge in [0, 0.05) is 12.3 Å². The van der Waals surface area contributed by atoms with Crippen molar-refractivity contribution in [2.75, 3.05) is 11.1 Å². The van der Waals surface area contributed by atoms with E-state index < -0.39 is 4.92 Å². The Labute approximate surface area is 218 Å². The van der Waals surface area contributed by atoms with Crippen LogP contribution in [-0.2, 0) is 4.79 Å². The fraction of sp³-hybridized carbons (Fsp3) is 0.0455. The molecule has 0 unspecified atom stereocenters. The number of nitro benzene ring substituents is 1. The highest BCUT2D eigenvalue weighted by molar-refractivity contribution is 9.11. The van der Waals surface area contributed by atoms with E-state index in [1.54, 1.807) is 30.5 Å². The van der Waals surface area contributed by atoms with E-state index in [-0.39, 0.29) is 28.8 Å². The van der Waals surface area contributed by atoms with Crippen LogP contribution in [0.2, 0.25) is 0 Å². The molecule has 8 nitrogen and oxygen atoms in total. The minimum atomic E-state index is -0.532. The Balaban J connectivity index is 1.42. The lowest BCUT2D eigenvalue weighted by molar-refractivity contribution is -0.383. The summed E-state index contributed by atoms with van der Waals surface area (Å²) >= 11 is 9.30. The lowest BCUT2D eigenvalue weighted by Gasteiger charge is -2.04. The van der Waals surface area contributed by atoms with Gasteiger partial charge in [0.15, 0.2) is 4.34 Å². The highest BCUT2D eigenvalue weighted by atomic mass is 79.9. The molecule has 0 saturated carbocycles. The minimum absolute atomic E-state index is 0.0709. The number of aliphatic imine (C=N–C) groups is 1. The zero-order valence-corrected chi connectivity index (χ0v) is 21.9. The number of anilines is 1. The number of benzene rings is 3. The summed E-state index contributed by atoms with van der Waals surface area (Å²) in [4.78, 5) is 31.9. The SMILES string of the molecule is O=C(CSc1nc2ccc(N=Cc3cc(Br)c(O)c(Br)c3)cc2s1)Nc1ccccc1[N+](=O)[O-]. The van der Waals surface area contributed by atoms with Crippen molar-refractivity contribution >= 4 is 94.4 Å². The van der Waals surface area contributed by atoms with Crippen molar-refractivity contribution in [3.63, 3.8) is 0 Å². The number of carbonyl (C=O) groups is 1. The number of phenols is 1. The monoisotopic (exact) mass is 620 g/mol. The second kappa shape index (κ2) is 10.6. The molecule has 0 aliphatic carbocycles. The molecule has 3 aromatic carbocycles. The Morgan fingerprint density at radius 2 is 1.94 bits per heavy atom. The Kier molecular flexibility index (Phi) is 7.61. The predicted molar refractivity (Wildman–Crippen MR) is 143 cm³/mol. The number of nitrogens with zero attached hydrogens (tertiary/aromatic N) is 3. The van der Waals surface area contributed by atoms with E-state index >= 15 is 0 Å². The maximum atomic E-state index is 12.3. The molecule has 0 spiro atoms. The molecule has 2 N–H and O–H groups in total. The Morgan fingerprint density at radius 1 is 1.21 bits per heavy atom. The molecule has 0 aliphatic rings. The number of rotatable bonds is 7. The van der Waals surface area contributed by atoms with Crippen LogP contribution in [0.1, 0.15) is 5.56 Å². The van der Waals surface area contributed by atoms with Gasteiger partial charge < -0.3 is 10.4 Å². The van der Waals surface area contributed by atoms with E-state index in [2.05, 4.69) is 47.2 Å². The van der Waals surface area contributed by atoms with E-state index in [0.29, 0.717) is 13.3 Å². The average Bonchev–Trinajstić information content (AvgIpc) is 3.22. The molecule has 1 amide bonds. The maximum Gasteiger partial charge on any atom is 0.292 e. The van der Waals surface area contributed by atoms with Crippen LogP contribution in [0.4, 0.5) is 17.1 Å². The van der Waals surface area contributed by atoms with Crippen LogP contribution in [0.15, 0.2) is 72.9 Å². The van der Waals surface area contributed by atoms with E-state index in [4.69, 9.17) is 0 Å². The smallest absolute Gasteiger partial charge is 0.292 e. The highest BCUT2D eigenvalue weighted by Crippen LogP contribution is 2.34. The number of phenolic OH excluding ortho intramolecular Hbond substituents is 1. The third-order valence-electron chi connectivity index (χ3n) is 4.46. The zero-order chi connectivity index (χ0) is 24.2. The normalized spacial score (nSPS) is 11.2. The summed E-state index contributed by atoms with van der Waals surface area (Å²) in [5.74, 6) is -0.152. The molecule has 172 valence electrons. The molecule has 1 heterocycles. The first-order chi connectivity index (χ1) is 16.3. The Morgan fingerprint density at radius 3 is 2.68 bits per heavy atom. The molecule has 0 aliphatic heterocycles. The van der Waals surface area contributed by atoms with Crippen LogP contribution >= 0.6 is 55.0 Å². The number of nitrogens with one attached hydrogen (secondary N) is 1. The number of nitro groups is 1. The van der Waals surface area contributed by atoms with Crippen LogP contribution in [0.3, 0.4) is 0 Å². The number of carbonyl (C=O) groups excluding carboxylic acids is 1. The zero-order valence-electron chi connectivity index (χ0n) is 17.1. The van der Waals surface area contributed by atoms with Crippen molar-refractivity contribution in [3.8, 4) is 5.75 Å². The number of amides is 1. The summed E-state index contributed by atoms with van der Waals surface area (Å²) in [6.45, 7) is 0. The fourth-order valence-corrected chi connectivity index (χ4v) is 6.02. The average molecular weight is 622 g/mol. The number of fused-ring (bicyclic) bond motifs is 1. The lowest BCUT2D eigenvalue weighted by Crippen LogP contribution is -2.15. The summed E-state index contributed by atoms with van der Waals surface area (Å²) in [5.41, 5.74) is 2.35. The van der Waals surface area contributed by atoms with Gasteiger partial charge in [-0.05, 0) is 73.8 Å². The molecule has 12 heteroatoms. The van der Waals surface area contributed by atoms with E-state index in [0.717, 1.165) is 21.5 Å². The third kappa shape index (κ3) is 5.81. The van der Waals surface area contributed by atoms with Gasteiger partial charge in [-0.3, -0.25) is 19.9 Å². The van der Waals surface area contributed by atoms with Crippen molar-refractivity contribution in [2.24, 2.45) is 4.99 Å². The summed E-state index contributed by atoms with van der Waals surface area (Å²) in [6.07, 6.45) is 1.69. The number of thiazole rings is 1. The first-order valence-corrected chi connectivity index (χ1v) is 13.0. The standard InChI is InChI=1S/C22H14Br2N4O4S2/c23-14-7-12(8-15(24)21(14)30)10-25-13-5-6-17-19(9-13)34-22(27-17)33-11-20(29)26-16-3-1-2-4-18(16)28(31)32/h1-10,30H,11H2,(H,26,29). The van der Waals surface area contributed by atoms with E-state index in [1.165, 1.54) is 35.2 Å². The Hall–Kier alpha value is -2.80. The van der Waals surface area contributed by atoms with Crippen molar-refractivity contribution < 1.29 is 14.8 Å². The molecule has 0 radical (unpaired) electrons. The lowest BCUT2D eigenvalue weighted by atomic mass is 10.2. The predicted octanol–water partition coefficient (Wildman–Crippen LogP) is 6.92. The molecule has 0 atom stereocenters. The van der Waals surface area contributed by atoms with Crippen LogP contribution < -0.4 is 5.32 Å². The van der Waals surface area contributed by atoms with Crippen LogP contribution in [-0.4, -0.2) is 32.9 Å². The molecule has 0 fully saturated rings. The maximum absolute atomic E-state index is 12.3. The van der Waals surface area contributed by atoms with Crippen molar-refractivity contribution in [1.82, 2.24) is 4.98 Å². The molecule has 4 rings (SSSR count). The largest absolute Gasteiger partial charge is 0.506 e. The Bertz CT molecular complexity index is 1420. The number of thioether (sulfide) groups is 1. The van der Waals surface area contributed by atoms with Gasteiger partial charge >= 0.3 is 0 Å². The number of halogens is 2. The highest BCUT2D eigenvalue weighted by Gasteiger charge is 2.15. The first-order valence-electron chi connectivity index (χ1n) is 9.59. The topological polar surface area (TPSA) is 118 Å². The van der Waals surface area contributed by atoms with Gasteiger partial charge in [0.1, 0.15) is 11.4 Å². The molecule has 34 heavy (non-hydrogen) atoms. The van der Waals surface area contributed by atoms with E-state index in [9.17, 15) is 20.0 Å². The summed E-state index contributed by atoms with van der Waals surface area (Å²) in [6, 6.07) is 15.2. The number of aromatic nitrogens is 1. The number of hydrogen-bond acceptors (Lipinski definition) is 8. The van der Waals surface area contributed by atoms with Gasteiger partial charge in [0.2, 0.25) is 5.91 Å². The molecule has 0 bridgehead atoms. The first kappa shape index (κ1) is 24.3. The minimum Gasteiger partial charge on any atom is -0.506 e. The van der Waals surface area contributed by atoms with Crippen molar-refractivity contribution in [1.29, 1.82) is 0 Å². The number of para-hydroxylation sites is 2. The van der Waals surface area contributed by atoms with Gasteiger partial charge in [-0.1, -0.05) is 23.9 Å². The third-order valence-corrected chi connectivity index (χ3v) is 7.83. The quantitative estimate of drug-likeness (QED) is 0.100. The van der Waals surface area contributed by atoms with Gasteiger partial charge in [-0.25, -0.2) is 4.98 Å². The van der Waals surface area contributed by atoms with Gasteiger partial charge in [0.05, 0.1) is 35.5 Å². The molecule has 0 saturated heterocycles. The molecule has 1 aromatic heterocycles. The van der Waals surface area contributed by atoms with Gasteiger partial charge in [-0.2, -0.15) is 0 Å². The summed E-state index contributed by atoms with van der Waals surface area (Å²) < 4.78 is 2.76. The summed E-state index contributed by atoms with van der Waals surface area (Å²) in [7, 11) is 0. The molecular formula is C22H14Br2N4O4S2. The van der Waals surface area contributed by atoms with Crippen LogP contribution in [0.25, 0.3) is 10.2 Å².